The summed E-state index contributed by atoms with van der Waals surface area (Å²) in [5, 5.41) is 13.3. The van der Waals surface area contributed by atoms with Crippen molar-refractivity contribution in [2.24, 2.45) is 0 Å². The maximum atomic E-state index is 12.3. The number of nitrogens with zero attached hydrogens (tertiary/aromatic N) is 1. The van der Waals surface area contributed by atoms with E-state index in [4.69, 9.17) is 0 Å². The van der Waals surface area contributed by atoms with Crippen LogP contribution in [0.3, 0.4) is 0 Å². The van der Waals surface area contributed by atoms with Gasteiger partial charge in [-0.05, 0) is 37.1 Å². The summed E-state index contributed by atoms with van der Waals surface area (Å²) in [5.74, 6) is 0.405. The van der Waals surface area contributed by atoms with Crippen molar-refractivity contribution in [3.63, 3.8) is 0 Å². The van der Waals surface area contributed by atoms with Crippen molar-refractivity contribution in [2.45, 2.75) is 32.2 Å². The molecule has 1 heterocycles. The summed E-state index contributed by atoms with van der Waals surface area (Å²) in [6.07, 6.45) is 2.38. The van der Waals surface area contributed by atoms with Gasteiger partial charge in [0.2, 0.25) is 0 Å². The van der Waals surface area contributed by atoms with Crippen LogP contribution < -0.4 is 10.6 Å². The Morgan fingerprint density at radius 1 is 1.36 bits per heavy atom. The Morgan fingerprint density at radius 3 is 2.86 bits per heavy atom. The highest BCUT2D eigenvalue weighted by molar-refractivity contribution is 6.03. The molecule has 1 aromatic carbocycles. The second-order valence-corrected chi connectivity index (χ2v) is 5.37. The van der Waals surface area contributed by atoms with Crippen LogP contribution in [0.25, 0.3) is 0 Å². The zero-order chi connectivity index (χ0) is 14.7. The summed E-state index contributed by atoms with van der Waals surface area (Å²) in [7, 11) is 0. The van der Waals surface area contributed by atoms with Gasteiger partial charge in [-0.3, -0.25) is 9.89 Å². The third-order valence-electron chi connectivity index (χ3n) is 3.68. The number of hydrogen-bond acceptors (Lipinski definition) is 3. The van der Waals surface area contributed by atoms with Gasteiger partial charge in [0, 0.05) is 23.8 Å². The smallest absolute Gasteiger partial charge is 0.276 e. The fourth-order valence-electron chi connectivity index (χ4n) is 2.30. The Kier molecular flexibility index (Phi) is 5.57. The molecular formula is C16H21ClN4O. The molecule has 6 heteroatoms. The highest BCUT2D eigenvalue weighted by atomic mass is 35.5. The van der Waals surface area contributed by atoms with Crippen LogP contribution in [0.2, 0.25) is 0 Å². The minimum atomic E-state index is -0.165. The van der Waals surface area contributed by atoms with E-state index >= 15 is 0 Å². The lowest BCUT2D eigenvalue weighted by Crippen LogP contribution is -2.17. The second-order valence-electron chi connectivity index (χ2n) is 5.37. The number of aromatic nitrogens is 2. The van der Waals surface area contributed by atoms with Crippen molar-refractivity contribution in [1.29, 1.82) is 0 Å². The number of para-hydroxylation sites is 1. The average molecular weight is 321 g/mol. The maximum Gasteiger partial charge on any atom is 0.276 e. The van der Waals surface area contributed by atoms with Gasteiger partial charge >= 0.3 is 0 Å². The molecule has 0 bridgehead atoms. The van der Waals surface area contributed by atoms with Crippen LogP contribution >= 0.6 is 12.4 Å². The average Bonchev–Trinajstić information content (AvgIpc) is 3.23. The lowest BCUT2D eigenvalue weighted by atomic mass is 10.1. The first-order chi connectivity index (χ1) is 10.3. The number of benzene rings is 1. The Balaban J connectivity index is 0.00000176. The predicted molar refractivity (Wildman–Crippen MR) is 89.6 cm³/mol. The minimum Gasteiger partial charge on any atom is -0.320 e. The number of carbonyl (C=O) groups is 1. The number of nitrogens with one attached hydrogen (secondary N) is 3. The van der Waals surface area contributed by atoms with Crippen molar-refractivity contribution >= 4 is 24.0 Å². The zero-order valence-electron chi connectivity index (χ0n) is 12.6. The summed E-state index contributed by atoms with van der Waals surface area (Å²) < 4.78 is 0. The van der Waals surface area contributed by atoms with Crippen molar-refractivity contribution in [3.8, 4) is 0 Å². The molecule has 1 saturated carbocycles. The van der Waals surface area contributed by atoms with Gasteiger partial charge < -0.3 is 10.6 Å². The van der Waals surface area contributed by atoms with Gasteiger partial charge in [-0.15, -0.1) is 12.4 Å². The second kappa shape index (κ2) is 7.42. The molecule has 1 amide bonds. The predicted octanol–water partition coefficient (Wildman–Crippen LogP) is 3.07. The van der Waals surface area contributed by atoms with Crippen molar-refractivity contribution < 1.29 is 4.79 Å². The van der Waals surface area contributed by atoms with E-state index in [0.29, 0.717) is 11.6 Å². The molecule has 0 radical (unpaired) electrons. The monoisotopic (exact) mass is 320 g/mol. The summed E-state index contributed by atoms with van der Waals surface area (Å²) in [4.78, 5) is 12.3. The van der Waals surface area contributed by atoms with Crippen LogP contribution in [-0.2, 0) is 6.54 Å². The van der Waals surface area contributed by atoms with Gasteiger partial charge in [0.1, 0.15) is 0 Å². The van der Waals surface area contributed by atoms with Gasteiger partial charge in [-0.25, -0.2) is 0 Å². The Hall–Kier alpha value is -1.85. The molecule has 2 aromatic rings. The quantitative estimate of drug-likeness (QED) is 0.766. The number of aromatic amines is 1. The number of carbonyl (C=O) groups excluding carboxylic acids is 1. The molecule has 5 nitrogen and oxygen atoms in total. The lowest BCUT2D eigenvalue weighted by molar-refractivity contribution is 0.102. The Labute approximate surface area is 136 Å². The van der Waals surface area contributed by atoms with Crippen LogP contribution in [0.5, 0.6) is 0 Å². The minimum absolute atomic E-state index is 0. The van der Waals surface area contributed by atoms with Gasteiger partial charge in [0.05, 0.1) is 0 Å². The van der Waals surface area contributed by atoms with Gasteiger partial charge in [0.15, 0.2) is 5.69 Å². The van der Waals surface area contributed by atoms with E-state index in [-0.39, 0.29) is 18.3 Å². The van der Waals surface area contributed by atoms with E-state index in [1.807, 2.05) is 30.3 Å². The van der Waals surface area contributed by atoms with Crippen LogP contribution in [0.1, 0.15) is 47.4 Å². The fraction of sp³-hybridized carbons (Fsp3) is 0.375. The molecule has 3 N–H and O–H groups in total. The van der Waals surface area contributed by atoms with Crippen LogP contribution in [0.15, 0.2) is 30.3 Å². The van der Waals surface area contributed by atoms with Gasteiger partial charge in [0.25, 0.3) is 5.91 Å². The highest BCUT2D eigenvalue weighted by Crippen LogP contribution is 2.39. The summed E-state index contributed by atoms with van der Waals surface area (Å²) in [6, 6.07) is 9.69. The van der Waals surface area contributed by atoms with E-state index in [0.717, 1.165) is 30.0 Å². The number of amides is 1. The third kappa shape index (κ3) is 3.87. The van der Waals surface area contributed by atoms with Crippen LogP contribution in [0.4, 0.5) is 5.69 Å². The van der Waals surface area contributed by atoms with Crippen molar-refractivity contribution in [3.05, 3.63) is 47.3 Å². The molecule has 1 fully saturated rings. The zero-order valence-corrected chi connectivity index (χ0v) is 13.4. The SMILES string of the molecule is CCNCc1ccccc1NC(=O)c1cc(C2CC2)[nH]n1.Cl. The summed E-state index contributed by atoms with van der Waals surface area (Å²) >= 11 is 0. The molecule has 0 atom stereocenters. The van der Waals surface area contributed by atoms with Crippen molar-refractivity contribution in [1.82, 2.24) is 15.5 Å². The molecule has 0 saturated heterocycles. The molecule has 22 heavy (non-hydrogen) atoms. The molecule has 0 spiro atoms. The molecule has 118 valence electrons. The maximum absolute atomic E-state index is 12.3. The fourth-order valence-corrected chi connectivity index (χ4v) is 2.30. The summed E-state index contributed by atoms with van der Waals surface area (Å²) in [6.45, 7) is 3.69. The van der Waals surface area contributed by atoms with E-state index in [1.165, 1.54) is 12.8 Å². The van der Waals surface area contributed by atoms with E-state index in [9.17, 15) is 4.79 Å². The molecule has 1 aromatic heterocycles. The number of H-pyrrole nitrogens is 1. The largest absolute Gasteiger partial charge is 0.320 e. The Bertz CT molecular complexity index is 637. The standard InChI is InChI=1S/C16H20N4O.ClH/c1-2-17-10-12-5-3-4-6-13(12)18-16(21)15-9-14(19-20-15)11-7-8-11;/h3-6,9,11,17H,2,7-8,10H2,1H3,(H,18,21)(H,19,20);1H. The topological polar surface area (TPSA) is 69.8 Å². The number of anilines is 1. The summed E-state index contributed by atoms with van der Waals surface area (Å²) in [5.41, 5.74) is 3.43. The number of hydrogen-bond donors (Lipinski definition) is 3. The molecule has 1 aliphatic carbocycles. The first-order valence-corrected chi connectivity index (χ1v) is 7.43. The van der Waals surface area contributed by atoms with Gasteiger partial charge in [-0.2, -0.15) is 5.10 Å². The number of rotatable bonds is 6. The first kappa shape index (κ1) is 16.5. The van der Waals surface area contributed by atoms with Crippen molar-refractivity contribution in [2.75, 3.05) is 11.9 Å². The van der Waals surface area contributed by atoms with Crippen LogP contribution in [-0.4, -0.2) is 22.6 Å². The molecular weight excluding hydrogens is 300 g/mol. The van der Waals surface area contributed by atoms with Crippen LogP contribution in [0, 0.1) is 0 Å². The molecule has 3 rings (SSSR count). The molecule has 1 aliphatic rings. The van der Waals surface area contributed by atoms with E-state index in [1.54, 1.807) is 0 Å². The third-order valence-corrected chi connectivity index (χ3v) is 3.68. The van der Waals surface area contributed by atoms with Gasteiger partial charge in [-0.1, -0.05) is 25.1 Å². The highest BCUT2D eigenvalue weighted by Gasteiger charge is 2.26. The Morgan fingerprint density at radius 2 is 2.14 bits per heavy atom. The lowest BCUT2D eigenvalue weighted by Gasteiger charge is -2.10. The number of halogens is 1. The molecule has 0 unspecified atom stereocenters. The van der Waals surface area contributed by atoms with E-state index < -0.39 is 0 Å². The van der Waals surface area contributed by atoms with E-state index in [2.05, 4.69) is 27.8 Å². The first-order valence-electron chi connectivity index (χ1n) is 7.43. The molecule has 0 aliphatic heterocycles. The normalized spacial score (nSPS) is 13.5.